The third kappa shape index (κ3) is 3.01. The fraction of sp³-hybridized carbons (Fsp3) is 0. The minimum Gasteiger partial charge on any atom is -0.317 e. The highest BCUT2D eigenvalue weighted by molar-refractivity contribution is 7.16. The first-order chi connectivity index (χ1) is 13.2. The lowest BCUT2D eigenvalue weighted by Crippen LogP contribution is -2.23. The lowest BCUT2D eigenvalue weighted by Gasteiger charge is -2.08. The number of rotatable bonds is 3. The van der Waals surface area contributed by atoms with E-state index in [1.807, 2.05) is 41.8 Å². The van der Waals surface area contributed by atoms with E-state index in [0.717, 1.165) is 5.56 Å². The van der Waals surface area contributed by atoms with E-state index in [1.165, 1.54) is 21.8 Å². The minimum absolute atomic E-state index is 0.0773. The molecule has 5 nitrogen and oxygen atoms in total. The normalized spacial score (nSPS) is 10.5. The highest BCUT2D eigenvalue weighted by Gasteiger charge is 2.17. The molecule has 0 spiro atoms. The van der Waals surface area contributed by atoms with Gasteiger partial charge in [0.1, 0.15) is 16.6 Å². The van der Waals surface area contributed by atoms with Crippen molar-refractivity contribution in [2.24, 2.45) is 0 Å². The molecule has 4 rings (SSSR count). The van der Waals surface area contributed by atoms with Gasteiger partial charge in [0.05, 0.1) is 11.3 Å². The number of fused-ring (bicyclic) bond motifs is 1. The summed E-state index contributed by atoms with van der Waals surface area (Å²) in [4.78, 5) is 26.1. The second-order valence-corrected chi connectivity index (χ2v) is 6.69. The van der Waals surface area contributed by atoms with Crippen molar-refractivity contribution in [1.82, 2.24) is 4.40 Å². The maximum atomic E-state index is 13.1. The summed E-state index contributed by atoms with van der Waals surface area (Å²) in [5.74, 6) is -0.395. The summed E-state index contributed by atoms with van der Waals surface area (Å²) in [6, 6.07) is 21.6. The maximum Gasteiger partial charge on any atom is 0.280 e. The summed E-state index contributed by atoms with van der Waals surface area (Å²) in [7, 11) is 0. The second kappa shape index (κ2) is 6.90. The maximum absolute atomic E-state index is 13.1. The smallest absolute Gasteiger partial charge is 0.280 e. The van der Waals surface area contributed by atoms with Crippen molar-refractivity contribution in [1.29, 1.82) is 5.26 Å². The fourth-order valence-electron chi connectivity index (χ4n) is 2.86. The Morgan fingerprint density at radius 1 is 1.04 bits per heavy atom. The molecule has 0 fully saturated rings. The molecular weight excluding hydrogens is 358 g/mol. The average Bonchev–Trinajstić information content (AvgIpc) is 3.17. The van der Waals surface area contributed by atoms with Gasteiger partial charge in [-0.15, -0.1) is 11.3 Å². The van der Waals surface area contributed by atoms with Crippen LogP contribution >= 0.6 is 11.3 Å². The summed E-state index contributed by atoms with van der Waals surface area (Å²) < 4.78 is 1.49. The van der Waals surface area contributed by atoms with Crippen LogP contribution in [-0.2, 0) is 0 Å². The molecule has 2 aromatic heterocycles. The zero-order valence-corrected chi connectivity index (χ0v) is 14.9. The zero-order chi connectivity index (χ0) is 18.8. The Labute approximate surface area is 158 Å². The van der Waals surface area contributed by atoms with Gasteiger partial charge in [0, 0.05) is 10.9 Å². The molecule has 0 aliphatic carbocycles. The molecule has 1 amide bonds. The van der Waals surface area contributed by atoms with Crippen molar-refractivity contribution in [3.8, 4) is 17.3 Å². The van der Waals surface area contributed by atoms with E-state index < -0.39 is 5.91 Å². The highest BCUT2D eigenvalue weighted by Crippen LogP contribution is 2.28. The molecule has 27 heavy (non-hydrogen) atoms. The van der Waals surface area contributed by atoms with Crippen molar-refractivity contribution < 1.29 is 4.79 Å². The minimum atomic E-state index is -0.395. The summed E-state index contributed by atoms with van der Waals surface area (Å²) in [5.41, 5.74) is 2.04. The van der Waals surface area contributed by atoms with Crippen molar-refractivity contribution in [3.63, 3.8) is 0 Å². The average molecular weight is 371 g/mol. The molecular formula is C21H13N3O2S. The van der Waals surface area contributed by atoms with E-state index in [2.05, 4.69) is 11.4 Å². The Bertz CT molecular complexity index is 1240. The lowest BCUT2D eigenvalue weighted by atomic mass is 10.1. The van der Waals surface area contributed by atoms with Crippen LogP contribution in [0.5, 0.6) is 0 Å². The Morgan fingerprint density at radius 2 is 1.70 bits per heavy atom. The molecule has 4 aromatic rings. The van der Waals surface area contributed by atoms with Gasteiger partial charge in [-0.25, -0.2) is 0 Å². The topological polar surface area (TPSA) is 74.4 Å². The molecule has 0 aliphatic rings. The van der Waals surface area contributed by atoms with Crippen LogP contribution in [-0.4, -0.2) is 10.3 Å². The van der Waals surface area contributed by atoms with Crippen LogP contribution in [0.15, 0.2) is 76.9 Å². The zero-order valence-electron chi connectivity index (χ0n) is 14.0. The van der Waals surface area contributed by atoms with Crippen LogP contribution < -0.4 is 10.9 Å². The van der Waals surface area contributed by atoms with Gasteiger partial charge in [0.25, 0.3) is 11.5 Å². The predicted molar refractivity (Wildman–Crippen MR) is 106 cm³/mol. The van der Waals surface area contributed by atoms with E-state index in [4.69, 9.17) is 0 Å². The number of benzene rings is 2. The summed E-state index contributed by atoms with van der Waals surface area (Å²) in [6.45, 7) is 0. The van der Waals surface area contributed by atoms with Crippen LogP contribution in [0.3, 0.4) is 0 Å². The second-order valence-electron chi connectivity index (χ2n) is 5.84. The number of anilines is 1. The van der Waals surface area contributed by atoms with Gasteiger partial charge >= 0.3 is 0 Å². The number of hydrogen-bond acceptors (Lipinski definition) is 4. The number of hydrogen-bond donors (Lipinski definition) is 1. The Balaban J connectivity index is 1.88. The molecule has 0 bridgehead atoms. The Kier molecular flexibility index (Phi) is 4.29. The third-order valence-corrected chi connectivity index (χ3v) is 5.12. The summed E-state index contributed by atoms with van der Waals surface area (Å²) >= 11 is 1.33. The van der Waals surface area contributed by atoms with Gasteiger partial charge in [0.2, 0.25) is 0 Å². The van der Waals surface area contributed by atoms with E-state index in [-0.39, 0.29) is 11.2 Å². The van der Waals surface area contributed by atoms with Gasteiger partial charge < -0.3 is 5.32 Å². The molecule has 6 heteroatoms. The number of carbonyl (C=O) groups is 1. The van der Waals surface area contributed by atoms with Crippen molar-refractivity contribution in [2.45, 2.75) is 0 Å². The number of aromatic nitrogens is 1. The molecule has 0 radical (unpaired) electrons. The first kappa shape index (κ1) is 16.8. The van der Waals surface area contributed by atoms with Gasteiger partial charge in [-0.3, -0.25) is 14.0 Å². The molecule has 2 heterocycles. The van der Waals surface area contributed by atoms with Crippen molar-refractivity contribution in [3.05, 3.63) is 93.6 Å². The number of carbonyl (C=O) groups excluding carboxylic acids is 1. The largest absolute Gasteiger partial charge is 0.317 e. The number of nitriles is 1. The van der Waals surface area contributed by atoms with Crippen LogP contribution in [0.4, 0.5) is 5.69 Å². The molecule has 1 N–H and O–H groups in total. The van der Waals surface area contributed by atoms with E-state index >= 15 is 0 Å². The standard InChI is InChI=1S/C21H13N3O2S/c22-12-16-11-17(23-19(25)15-9-5-2-6-10-15)20(26)24-18(13-27-21(16)24)14-7-3-1-4-8-14/h1-11,13H,(H,23,25). The molecule has 0 saturated heterocycles. The van der Waals surface area contributed by atoms with Gasteiger partial charge in [-0.2, -0.15) is 5.26 Å². The van der Waals surface area contributed by atoms with Crippen LogP contribution in [0, 0.1) is 11.3 Å². The highest BCUT2D eigenvalue weighted by atomic mass is 32.1. The Morgan fingerprint density at radius 3 is 2.37 bits per heavy atom. The van der Waals surface area contributed by atoms with Crippen LogP contribution in [0.25, 0.3) is 16.1 Å². The number of pyridine rings is 1. The first-order valence-corrected chi connectivity index (χ1v) is 9.06. The first-order valence-electron chi connectivity index (χ1n) is 8.18. The molecule has 0 unspecified atom stereocenters. The van der Waals surface area contributed by atoms with E-state index in [1.54, 1.807) is 24.3 Å². The predicted octanol–water partition coefficient (Wildman–Crippen LogP) is 4.15. The molecule has 0 saturated carbocycles. The number of amides is 1. The number of thiazole rings is 1. The Hall–Kier alpha value is -3.69. The van der Waals surface area contributed by atoms with Crippen LogP contribution in [0.2, 0.25) is 0 Å². The molecule has 0 atom stereocenters. The molecule has 2 aromatic carbocycles. The van der Waals surface area contributed by atoms with E-state index in [0.29, 0.717) is 21.7 Å². The number of nitrogens with one attached hydrogen (secondary N) is 1. The lowest BCUT2D eigenvalue weighted by molar-refractivity contribution is 0.102. The fourth-order valence-corrected chi connectivity index (χ4v) is 3.84. The molecule has 130 valence electrons. The van der Waals surface area contributed by atoms with Gasteiger partial charge in [0.15, 0.2) is 0 Å². The van der Waals surface area contributed by atoms with Crippen LogP contribution in [0.1, 0.15) is 15.9 Å². The molecule has 0 aliphatic heterocycles. The number of nitrogens with zero attached hydrogens (tertiary/aromatic N) is 2. The van der Waals surface area contributed by atoms with Gasteiger partial charge in [-0.05, 0) is 23.8 Å². The van der Waals surface area contributed by atoms with Gasteiger partial charge in [-0.1, -0.05) is 48.5 Å². The van der Waals surface area contributed by atoms with Crippen molar-refractivity contribution in [2.75, 3.05) is 5.32 Å². The monoisotopic (exact) mass is 371 g/mol. The van der Waals surface area contributed by atoms with E-state index in [9.17, 15) is 14.9 Å². The SMILES string of the molecule is N#Cc1cc(NC(=O)c2ccccc2)c(=O)n2c(-c3ccccc3)csc12. The summed E-state index contributed by atoms with van der Waals surface area (Å²) in [6.07, 6.45) is 0. The summed E-state index contributed by atoms with van der Waals surface area (Å²) in [5, 5.41) is 14.0. The van der Waals surface area contributed by atoms with Crippen molar-refractivity contribution >= 4 is 27.8 Å². The quantitative estimate of drug-likeness (QED) is 0.588. The third-order valence-electron chi connectivity index (χ3n) is 4.15.